The van der Waals surface area contributed by atoms with Crippen LogP contribution in [0.15, 0.2) is 60.8 Å². The molecule has 0 aliphatic rings. The van der Waals surface area contributed by atoms with Crippen LogP contribution in [0, 0.1) is 0 Å². The molecule has 424 valence electrons. The zero-order valence-corrected chi connectivity index (χ0v) is 48.7. The van der Waals surface area contributed by atoms with E-state index in [-0.39, 0.29) is 31.1 Å². The lowest BCUT2D eigenvalue weighted by molar-refractivity contribution is -0.167. The van der Waals surface area contributed by atoms with Crippen LogP contribution in [0.5, 0.6) is 0 Å². The maximum Gasteiger partial charge on any atom is 0.306 e. The van der Waals surface area contributed by atoms with Gasteiger partial charge in [0.25, 0.3) is 0 Å². The molecule has 0 saturated carbocycles. The van der Waals surface area contributed by atoms with Crippen LogP contribution in [-0.4, -0.2) is 37.2 Å². The largest absolute Gasteiger partial charge is 0.462 e. The molecular formula is C67H120O6. The second-order valence-corrected chi connectivity index (χ2v) is 21.3. The SMILES string of the molecule is CC/C=C\C/C=C\C/C=C\C/C=C\CCCCCCCCCCCCCCCCCCCCCCCCC(=O)OCC(COC(=O)CCCCCCCCCC)OC(=O)CCCCCCC/C=C\CCCCC. The van der Waals surface area contributed by atoms with Crippen molar-refractivity contribution in [2.45, 2.75) is 335 Å². The van der Waals surface area contributed by atoms with Gasteiger partial charge in [-0.3, -0.25) is 14.4 Å². The van der Waals surface area contributed by atoms with E-state index in [1.165, 1.54) is 199 Å². The standard InChI is InChI=1S/C67H120O6/c1-4-7-10-13-16-19-21-23-24-25-26-27-28-29-30-31-32-33-34-35-36-37-38-39-40-41-42-43-44-45-47-48-51-54-57-60-66(69)72-63-64(62-71-65(68)59-56-53-50-18-15-12-9-6-3)73-67(70)61-58-55-52-49-46-22-20-17-14-11-8-5-2/h7,10,16-17,19-20,23-24,26-27,64H,4-6,8-9,11-15,18,21-22,25,28-63H2,1-3H3/b10-7-,19-16-,20-17-,24-23-,27-26-. The second-order valence-electron chi connectivity index (χ2n) is 21.3. The molecule has 0 rings (SSSR count). The van der Waals surface area contributed by atoms with Crippen molar-refractivity contribution in [3.05, 3.63) is 60.8 Å². The van der Waals surface area contributed by atoms with Gasteiger partial charge in [-0.2, -0.15) is 0 Å². The molecule has 0 bridgehead atoms. The van der Waals surface area contributed by atoms with Crippen LogP contribution in [0.25, 0.3) is 0 Å². The number of esters is 3. The van der Waals surface area contributed by atoms with Crippen LogP contribution in [0.1, 0.15) is 329 Å². The highest BCUT2D eigenvalue weighted by Crippen LogP contribution is 2.17. The Labute approximate surface area is 453 Å². The molecule has 0 spiro atoms. The predicted molar refractivity (Wildman–Crippen MR) is 316 cm³/mol. The molecule has 0 aromatic rings. The Morgan fingerprint density at radius 1 is 0.288 bits per heavy atom. The molecule has 0 aliphatic heterocycles. The summed E-state index contributed by atoms with van der Waals surface area (Å²) < 4.78 is 16.8. The zero-order valence-electron chi connectivity index (χ0n) is 48.7. The summed E-state index contributed by atoms with van der Waals surface area (Å²) >= 11 is 0. The van der Waals surface area contributed by atoms with Crippen LogP contribution in [0.4, 0.5) is 0 Å². The number of carbonyl (C=O) groups is 3. The summed E-state index contributed by atoms with van der Waals surface area (Å²) in [6, 6.07) is 0. The third-order valence-electron chi connectivity index (χ3n) is 14.0. The van der Waals surface area contributed by atoms with Crippen LogP contribution in [-0.2, 0) is 28.6 Å². The fourth-order valence-corrected chi connectivity index (χ4v) is 9.25. The second kappa shape index (κ2) is 61.7. The summed E-state index contributed by atoms with van der Waals surface area (Å²) in [5, 5.41) is 0. The maximum absolute atomic E-state index is 12.8. The molecule has 0 fully saturated rings. The predicted octanol–water partition coefficient (Wildman–Crippen LogP) is 21.6. The summed E-state index contributed by atoms with van der Waals surface area (Å²) in [6.45, 7) is 6.50. The van der Waals surface area contributed by atoms with Crippen molar-refractivity contribution in [1.29, 1.82) is 0 Å². The summed E-state index contributed by atoms with van der Waals surface area (Å²) in [7, 11) is 0. The highest BCUT2D eigenvalue weighted by atomic mass is 16.6. The lowest BCUT2D eigenvalue weighted by atomic mass is 10.0. The molecule has 0 N–H and O–H groups in total. The van der Waals surface area contributed by atoms with E-state index < -0.39 is 6.10 Å². The van der Waals surface area contributed by atoms with Gasteiger partial charge >= 0.3 is 17.9 Å². The molecule has 0 aliphatic carbocycles. The summed E-state index contributed by atoms with van der Waals surface area (Å²) in [5.41, 5.74) is 0. The number of allylic oxidation sites excluding steroid dienone is 10. The van der Waals surface area contributed by atoms with Crippen LogP contribution >= 0.6 is 0 Å². The van der Waals surface area contributed by atoms with Crippen LogP contribution in [0.3, 0.4) is 0 Å². The number of hydrogen-bond donors (Lipinski definition) is 0. The summed E-state index contributed by atoms with van der Waals surface area (Å²) in [5.74, 6) is -0.871. The van der Waals surface area contributed by atoms with Crippen LogP contribution in [0.2, 0.25) is 0 Å². The Morgan fingerprint density at radius 3 is 0.877 bits per heavy atom. The first-order valence-corrected chi connectivity index (χ1v) is 31.8. The average Bonchev–Trinajstić information content (AvgIpc) is 3.39. The van der Waals surface area contributed by atoms with Gasteiger partial charge in [0.05, 0.1) is 0 Å². The minimum atomic E-state index is -0.771. The highest BCUT2D eigenvalue weighted by molar-refractivity contribution is 5.71. The van der Waals surface area contributed by atoms with E-state index in [0.29, 0.717) is 19.3 Å². The molecule has 0 aromatic heterocycles. The first-order valence-electron chi connectivity index (χ1n) is 31.8. The fraction of sp³-hybridized carbons (Fsp3) is 0.806. The first-order chi connectivity index (χ1) is 36.0. The number of unbranched alkanes of at least 4 members (excludes halogenated alkanes) is 37. The fourth-order valence-electron chi connectivity index (χ4n) is 9.25. The number of carbonyl (C=O) groups excluding carboxylic acids is 3. The van der Waals surface area contributed by atoms with E-state index in [9.17, 15) is 14.4 Å². The van der Waals surface area contributed by atoms with E-state index >= 15 is 0 Å². The topological polar surface area (TPSA) is 78.9 Å². The molecular weight excluding hydrogens is 901 g/mol. The monoisotopic (exact) mass is 1020 g/mol. The Morgan fingerprint density at radius 2 is 0.534 bits per heavy atom. The van der Waals surface area contributed by atoms with E-state index in [1.807, 2.05) is 0 Å². The minimum Gasteiger partial charge on any atom is -0.462 e. The van der Waals surface area contributed by atoms with Gasteiger partial charge in [-0.15, -0.1) is 0 Å². The molecule has 0 aromatic carbocycles. The summed E-state index contributed by atoms with van der Waals surface area (Å²) in [4.78, 5) is 38.0. The average molecular weight is 1020 g/mol. The van der Waals surface area contributed by atoms with Crippen molar-refractivity contribution in [1.82, 2.24) is 0 Å². The lowest BCUT2D eigenvalue weighted by Crippen LogP contribution is -2.30. The molecule has 0 heterocycles. The number of rotatable bonds is 58. The number of hydrogen-bond acceptors (Lipinski definition) is 6. The van der Waals surface area contributed by atoms with Gasteiger partial charge < -0.3 is 14.2 Å². The molecule has 1 atom stereocenters. The zero-order chi connectivity index (χ0) is 52.9. The van der Waals surface area contributed by atoms with Crippen molar-refractivity contribution in [3.63, 3.8) is 0 Å². The van der Waals surface area contributed by atoms with Crippen LogP contribution < -0.4 is 0 Å². The molecule has 6 heteroatoms. The molecule has 6 nitrogen and oxygen atoms in total. The van der Waals surface area contributed by atoms with Gasteiger partial charge in [-0.1, -0.05) is 287 Å². The molecule has 73 heavy (non-hydrogen) atoms. The number of ether oxygens (including phenoxy) is 3. The third kappa shape index (κ3) is 59.9. The molecule has 1 unspecified atom stereocenters. The van der Waals surface area contributed by atoms with E-state index in [4.69, 9.17) is 14.2 Å². The molecule has 0 saturated heterocycles. The normalized spacial score (nSPS) is 12.4. The summed E-state index contributed by atoms with van der Waals surface area (Å²) in [6.07, 6.45) is 78.4. The smallest absolute Gasteiger partial charge is 0.306 e. The van der Waals surface area contributed by atoms with Gasteiger partial charge in [0.2, 0.25) is 0 Å². The van der Waals surface area contributed by atoms with Gasteiger partial charge in [-0.05, 0) is 83.5 Å². The van der Waals surface area contributed by atoms with Crippen molar-refractivity contribution in [2.24, 2.45) is 0 Å². The first kappa shape index (κ1) is 70.1. The Hall–Kier alpha value is -2.89. The maximum atomic E-state index is 12.8. The van der Waals surface area contributed by atoms with E-state index in [0.717, 1.165) is 89.9 Å². The van der Waals surface area contributed by atoms with Gasteiger partial charge in [-0.25, -0.2) is 0 Å². The minimum absolute atomic E-state index is 0.0720. The molecule has 0 radical (unpaired) electrons. The quantitative estimate of drug-likeness (QED) is 0.0261. The Kier molecular flexibility index (Phi) is 59.2. The van der Waals surface area contributed by atoms with Crippen molar-refractivity contribution >= 4 is 17.9 Å². The third-order valence-corrected chi connectivity index (χ3v) is 14.0. The van der Waals surface area contributed by atoms with Crippen molar-refractivity contribution in [3.8, 4) is 0 Å². The highest BCUT2D eigenvalue weighted by Gasteiger charge is 2.19. The van der Waals surface area contributed by atoms with E-state index in [1.54, 1.807) is 0 Å². The van der Waals surface area contributed by atoms with Crippen molar-refractivity contribution in [2.75, 3.05) is 13.2 Å². The lowest BCUT2D eigenvalue weighted by Gasteiger charge is -2.18. The molecule has 0 amide bonds. The van der Waals surface area contributed by atoms with Gasteiger partial charge in [0.1, 0.15) is 13.2 Å². The van der Waals surface area contributed by atoms with Gasteiger partial charge in [0, 0.05) is 19.3 Å². The Balaban J connectivity index is 3.92. The van der Waals surface area contributed by atoms with Gasteiger partial charge in [0.15, 0.2) is 6.10 Å². The Bertz CT molecular complexity index is 1310. The van der Waals surface area contributed by atoms with Crippen molar-refractivity contribution < 1.29 is 28.6 Å². The van der Waals surface area contributed by atoms with E-state index in [2.05, 4.69) is 81.5 Å².